The van der Waals surface area contributed by atoms with Crippen molar-refractivity contribution in [2.45, 2.75) is 38.0 Å². The van der Waals surface area contributed by atoms with E-state index in [9.17, 15) is 0 Å². The maximum Gasteiger partial charge on any atom is 0.128 e. The van der Waals surface area contributed by atoms with Crippen LogP contribution >= 0.6 is 11.6 Å². The largest absolute Gasteiger partial charge is 0.488 e. The molecule has 0 radical (unpaired) electrons. The van der Waals surface area contributed by atoms with Crippen LogP contribution in [0, 0.1) is 5.92 Å². The number of benzene rings is 3. The second-order valence-electron chi connectivity index (χ2n) is 9.49. The van der Waals surface area contributed by atoms with Crippen molar-refractivity contribution >= 4 is 22.6 Å². The lowest BCUT2D eigenvalue weighted by Gasteiger charge is -2.30. The molecule has 0 unspecified atom stereocenters. The summed E-state index contributed by atoms with van der Waals surface area (Å²) < 4.78 is 6.08. The fourth-order valence-corrected chi connectivity index (χ4v) is 6.31. The highest BCUT2D eigenvalue weighted by Crippen LogP contribution is 2.48. The van der Waals surface area contributed by atoms with E-state index in [2.05, 4.69) is 59.4 Å². The van der Waals surface area contributed by atoms with Gasteiger partial charge in [-0.2, -0.15) is 0 Å². The Balaban J connectivity index is 1.25. The van der Waals surface area contributed by atoms with Crippen LogP contribution in [-0.2, 0) is 6.61 Å². The van der Waals surface area contributed by atoms with Gasteiger partial charge in [-0.25, -0.2) is 4.98 Å². The molecular weight excluding hydrogens is 418 g/mol. The van der Waals surface area contributed by atoms with Crippen LogP contribution in [0.2, 0.25) is 5.02 Å². The van der Waals surface area contributed by atoms with Gasteiger partial charge >= 0.3 is 0 Å². The van der Waals surface area contributed by atoms with E-state index < -0.39 is 0 Å². The summed E-state index contributed by atoms with van der Waals surface area (Å²) in [5.41, 5.74) is 7.92. The van der Waals surface area contributed by atoms with Crippen molar-refractivity contribution in [1.82, 2.24) is 14.9 Å². The van der Waals surface area contributed by atoms with E-state index in [1.165, 1.54) is 30.4 Å². The smallest absolute Gasteiger partial charge is 0.128 e. The van der Waals surface area contributed by atoms with Crippen molar-refractivity contribution in [3.63, 3.8) is 0 Å². The molecule has 4 aromatic rings. The first-order valence-corrected chi connectivity index (χ1v) is 11.8. The predicted molar refractivity (Wildman–Crippen MR) is 128 cm³/mol. The van der Waals surface area contributed by atoms with E-state index >= 15 is 0 Å². The summed E-state index contributed by atoms with van der Waals surface area (Å²) in [7, 11) is 2.26. The van der Waals surface area contributed by atoms with Gasteiger partial charge in [-0.15, -0.1) is 0 Å². The molecule has 3 heterocycles. The van der Waals surface area contributed by atoms with Crippen LogP contribution in [0.25, 0.3) is 33.3 Å². The minimum Gasteiger partial charge on any atom is -0.488 e. The molecule has 2 bridgehead atoms. The number of rotatable bonds is 2. The van der Waals surface area contributed by atoms with Crippen LogP contribution in [0.3, 0.4) is 0 Å². The predicted octanol–water partition coefficient (Wildman–Crippen LogP) is 6.60. The monoisotopic (exact) mass is 441 g/mol. The number of aromatic amines is 1. The normalized spacial score (nSPS) is 23.9. The molecule has 2 aliphatic heterocycles. The van der Waals surface area contributed by atoms with E-state index in [-0.39, 0.29) is 0 Å². The van der Waals surface area contributed by atoms with Gasteiger partial charge in [0.1, 0.15) is 18.2 Å². The van der Waals surface area contributed by atoms with E-state index in [4.69, 9.17) is 21.3 Å². The number of imidazole rings is 1. The Labute approximate surface area is 192 Å². The molecule has 3 aromatic carbocycles. The van der Waals surface area contributed by atoms with E-state index in [0.29, 0.717) is 12.6 Å². The molecule has 1 aromatic heterocycles. The SMILES string of the molecule is CN1[C@@H]2CC[C@@H](C2)[C@H]1c1nc2ccc(-c3ccc4c(c3)OCc3cc(Cl)ccc3-4)cc2[nH]1. The van der Waals surface area contributed by atoms with Crippen LogP contribution in [0.4, 0.5) is 0 Å². The molecule has 32 heavy (non-hydrogen) atoms. The minimum atomic E-state index is 0.426. The highest BCUT2D eigenvalue weighted by Gasteiger charge is 2.45. The van der Waals surface area contributed by atoms with Crippen molar-refractivity contribution < 1.29 is 4.74 Å². The lowest BCUT2D eigenvalue weighted by atomic mass is 9.94. The highest BCUT2D eigenvalue weighted by atomic mass is 35.5. The second kappa shape index (κ2) is 6.84. The lowest BCUT2D eigenvalue weighted by Crippen LogP contribution is -2.31. The Bertz CT molecular complexity index is 1370. The van der Waals surface area contributed by atoms with Gasteiger partial charge in [0.15, 0.2) is 0 Å². The zero-order valence-electron chi connectivity index (χ0n) is 17.9. The molecule has 1 saturated carbocycles. The number of nitrogens with one attached hydrogen (secondary N) is 1. The van der Waals surface area contributed by atoms with Gasteiger partial charge in [0.2, 0.25) is 0 Å². The summed E-state index contributed by atoms with van der Waals surface area (Å²) in [6.07, 6.45) is 3.97. The number of ether oxygens (including phenoxy) is 1. The summed E-state index contributed by atoms with van der Waals surface area (Å²) in [6, 6.07) is 20.2. The molecular formula is C27H24ClN3O. The maximum absolute atomic E-state index is 6.16. The molecule has 3 aliphatic rings. The molecule has 160 valence electrons. The Morgan fingerprint density at radius 2 is 1.84 bits per heavy atom. The minimum absolute atomic E-state index is 0.426. The van der Waals surface area contributed by atoms with Crippen molar-refractivity contribution in [3.8, 4) is 28.0 Å². The van der Waals surface area contributed by atoms with Crippen LogP contribution < -0.4 is 4.74 Å². The number of aromatic nitrogens is 2. The molecule has 0 spiro atoms. The molecule has 7 rings (SSSR count). The molecule has 1 aliphatic carbocycles. The zero-order valence-corrected chi connectivity index (χ0v) is 18.7. The first-order chi connectivity index (χ1) is 15.6. The van der Waals surface area contributed by atoms with E-state index in [0.717, 1.165) is 56.3 Å². The van der Waals surface area contributed by atoms with Crippen LogP contribution in [0.1, 0.15) is 36.7 Å². The molecule has 0 amide bonds. The van der Waals surface area contributed by atoms with Crippen molar-refractivity contribution in [3.05, 3.63) is 71.0 Å². The van der Waals surface area contributed by atoms with E-state index in [1.807, 2.05) is 12.1 Å². The van der Waals surface area contributed by atoms with Gasteiger partial charge in [0, 0.05) is 16.6 Å². The lowest BCUT2D eigenvalue weighted by molar-refractivity contribution is 0.171. The molecule has 2 fully saturated rings. The number of likely N-dealkylation sites (tertiary alicyclic amines) is 1. The average molecular weight is 442 g/mol. The molecule has 3 atom stereocenters. The summed E-state index contributed by atoms with van der Waals surface area (Å²) in [4.78, 5) is 11.1. The molecule has 1 N–H and O–H groups in total. The topological polar surface area (TPSA) is 41.2 Å². The average Bonchev–Trinajstić information content (AvgIpc) is 3.52. The van der Waals surface area contributed by atoms with Gasteiger partial charge < -0.3 is 9.72 Å². The number of hydrogen-bond acceptors (Lipinski definition) is 3. The zero-order chi connectivity index (χ0) is 21.4. The molecule has 5 heteroatoms. The van der Waals surface area contributed by atoms with Gasteiger partial charge in [-0.3, -0.25) is 4.90 Å². The summed E-state index contributed by atoms with van der Waals surface area (Å²) in [5, 5.41) is 0.747. The third-order valence-electron chi connectivity index (χ3n) is 7.74. The standard InChI is InChI=1S/C27H24ClN3O/c1-31-20-6-2-17(11-20)26(31)27-29-23-9-4-15(12-24(23)30-27)16-3-7-22-21-8-5-19(28)10-18(21)14-32-25(22)13-16/h3-5,7-10,12-13,17,20,26H,2,6,11,14H2,1H3,(H,29,30)/t17-,20+,26-/m0/s1. The Kier molecular flexibility index (Phi) is 4.00. The summed E-state index contributed by atoms with van der Waals surface area (Å²) in [6.45, 7) is 0.548. The number of hydrogen-bond donors (Lipinski definition) is 1. The number of nitrogens with zero attached hydrogens (tertiary/aromatic N) is 2. The number of halogens is 1. The fourth-order valence-electron chi connectivity index (χ4n) is 6.12. The Morgan fingerprint density at radius 1 is 1.00 bits per heavy atom. The first-order valence-electron chi connectivity index (χ1n) is 11.4. The number of H-pyrrole nitrogens is 1. The summed E-state index contributed by atoms with van der Waals surface area (Å²) >= 11 is 6.16. The van der Waals surface area contributed by atoms with Gasteiger partial charge in [0.25, 0.3) is 0 Å². The van der Waals surface area contributed by atoms with Crippen LogP contribution in [0.15, 0.2) is 54.6 Å². The molecule has 4 nitrogen and oxygen atoms in total. The number of piperidine rings is 1. The van der Waals surface area contributed by atoms with Crippen molar-refractivity contribution in [2.24, 2.45) is 5.92 Å². The third kappa shape index (κ3) is 2.76. The Hall–Kier alpha value is -2.82. The van der Waals surface area contributed by atoms with Crippen molar-refractivity contribution in [2.75, 3.05) is 7.05 Å². The quantitative estimate of drug-likeness (QED) is 0.381. The molecule has 1 saturated heterocycles. The Morgan fingerprint density at radius 3 is 2.72 bits per heavy atom. The van der Waals surface area contributed by atoms with Crippen LogP contribution in [0.5, 0.6) is 5.75 Å². The summed E-state index contributed by atoms with van der Waals surface area (Å²) in [5.74, 6) is 2.78. The highest BCUT2D eigenvalue weighted by molar-refractivity contribution is 6.30. The number of fused-ring (bicyclic) bond motifs is 6. The van der Waals surface area contributed by atoms with E-state index in [1.54, 1.807) is 0 Å². The fraction of sp³-hybridized carbons (Fsp3) is 0.296. The second-order valence-corrected chi connectivity index (χ2v) is 9.93. The van der Waals surface area contributed by atoms with Crippen molar-refractivity contribution in [1.29, 1.82) is 0 Å². The van der Waals surface area contributed by atoms with Gasteiger partial charge in [-0.1, -0.05) is 35.9 Å². The van der Waals surface area contributed by atoms with Gasteiger partial charge in [-0.05, 0) is 84.8 Å². The first kappa shape index (κ1) is 18.7. The van der Waals surface area contributed by atoms with Gasteiger partial charge in [0.05, 0.1) is 17.1 Å². The third-order valence-corrected chi connectivity index (χ3v) is 7.98. The maximum atomic E-state index is 6.16. The van der Waals surface area contributed by atoms with Crippen LogP contribution in [-0.4, -0.2) is 28.0 Å².